The maximum absolute atomic E-state index is 12.9. The van der Waals surface area contributed by atoms with Crippen molar-refractivity contribution in [3.63, 3.8) is 0 Å². The molecule has 0 saturated carbocycles. The van der Waals surface area contributed by atoms with E-state index in [-0.39, 0.29) is 25.1 Å². The first kappa shape index (κ1) is 17.3. The van der Waals surface area contributed by atoms with Gasteiger partial charge in [-0.25, -0.2) is 4.79 Å². The zero-order valence-electron chi connectivity index (χ0n) is 11.9. The normalized spacial score (nSPS) is 12.9. The minimum absolute atomic E-state index is 0.0778. The fourth-order valence-electron chi connectivity index (χ4n) is 1.93. The highest BCUT2D eigenvalue weighted by atomic mass is 19.4. The third kappa shape index (κ3) is 5.26. The van der Waals surface area contributed by atoms with Crippen LogP contribution in [0.25, 0.3) is 0 Å². The number of aliphatic hydroxyl groups is 1. The molecular weight excluding hydrogens is 285 g/mol. The van der Waals surface area contributed by atoms with Crippen molar-refractivity contribution in [1.29, 1.82) is 0 Å². The van der Waals surface area contributed by atoms with E-state index in [0.29, 0.717) is 0 Å². The summed E-state index contributed by atoms with van der Waals surface area (Å²) in [6.45, 7) is 1.63. The lowest BCUT2D eigenvalue weighted by Gasteiger charge is -2.21. The van der Waals surface area contributed by atoms with Crippen molar-refractivity contribution < 1.29 is 23.1 Å². The van der Waals surface area contributed by atoms with Gasteiger partial charge >= 0.3 is 12.2 Å². The van der Waals surface area contributed by atoms with Crippen molar-refractivity contribution in [1.82, 2.24) is 10.2 Å². The molecule has 0 aliphatic carbocycles. The van der Waals surface area contributed by atoms with Crippen LogP contribution >= 0.6 is 0 Å². The number of hydrogen-bond acceptors (Lipinski definition) is 2. The van der Waals surface area contributed by atoms with Crippen molar-refractivity contribution in [2.24, 2.45) is 0 Å². The van der Waals surface area contributed by atoms with Gasteiger partial charge in [-0.1, -0.05) is 18.2 Å². The van der Waals surface area contributed by atoms with E-state index in [4.69, 9.17) is 5.11 Å². The van der Waals surface area contributed by atoms with E-state index >= 15 is 0 Å². The summed E-state index contributed by atoms with van der Waals surface area (Å²) in [5.41, 5.74) is -0.544. The molecule has 0 bridgehead atoms. The molecule has 0 spiro atoms. The second-order valence-corrected chi connectivity index (χ2v) is 4.85. The quantitative estimate of drug-likeness (QED) is 0.877. The summed E-state index contributed by atoms with van der Waals surface area (Å²) >= 11 is 0. The summed E-state index contributed by atoms with van der Waals surface area (Å²) in [6.07, 6.45) is -4.33. The number of halogens is 3. The first-order valence-corrected chi connectivity index (χ1v) is 6.53. The minimum Gasteiger partial charge on any atom is -0.395 e. The Morgan fingerprint density at radius 2 is 2.00 bits per heavy atom. The molecule has 0 aliphatic heterocycles. The summed E-state index contributed by atoms with van der Waals surface area (Å²) in [7, 11) is 1.50. The number of aliphatic hydroxyl groups excluding tert-OH is 1. The Hall–Kier alpha value is -1.76. The van der Waals surface area contributed by atoms with Gasteiger partial charge in [-0.15, -0.1) is 0 Å². The lowest BCUT2D eigenvalue weighted by Crippen LogP contribution is -2.43. The highest BCUT2D eigenvalue weighted by Gasteiger charge is 2.33. The average molecular weight is 304 g/mol. The number of hydrogen-bond donors (Lipinski definition) is 2. The van der Waals surface area contributed by atoms with Crippen LogP contribution in [-0.4, -0.2) is 42.3 Å². The Morgan fingerprint density at radius 3 is 2.57 bits per heavy atom. The second-order valence-electron chi connectivity index (χ2n) is 4.85. The molecule has 0 fully saturated rings. The molecule has 1 aromatic rings. The summed E-state index contributed by atoms with van der Waals surface area (Å²) in [5.74, 6) is 0. The van der Waals surface area contributed by atoms with Crippen LogP contribution in [0.1, 0.15) is 18.1 Å². The third-order valence-electron chi connectivity index (χ3n) is 3.00. The van der Waals surface area contributed by atoms with Crippen LogP contribution < -0.4 is 5.32 Å². The number of urea groups is 1. The lowest BCUT2D eigenvalue weighted by atomic mass is 10.0. The van der Waals surface area contributed by atoms with Crippen LogP contribution in [0.3, 0.4) is 0 Å². The summed E-state index contributed by atoms with van der Waals surface area (Å²) in [5, 5.41) is 11.3. The molecule has 7 heteroatoms. The summed E-state index contributed by atoms with van der Waals surface area (Å²) < 4.78 is 38.6. The van der Waals surface area contributed by atoms with Gasteiger partial charge in [0.1, 0.15) is 0 Å². The molecule has 0 aromatic heterocycles. The molecule has 1 rings (SSSR count). The first-order valence-electron chi connectivity index (χ1n) is 6.53. The largest absolute Gasteiger partial charge is 0.416 e. The molecule has 118 valence electrons. The van der Waals surface area contributed by atoms with E-state index in [0.717, 1.165) is 6.07 Å². The Balaban J connectivity index is 2.72. The van der Waals surface area contributed by atoms with Crippen LogP contribution in [0.4, 0.5) is 18.0 Å². The van der Waals surface area contributed by atoms with E-state index in [1.807, 2.05) is 0 Å². The van der Waals surface area contributed by atoms with Crippen molar-refractivity contribution in [2.45, 2.75) is 25.6 Å². The Morgan fingerprint density at radius 1 is 1.38 bits per heavy atom. The monoisotopic (exact) mass is 304 g/mol. The molecule has 1 aromatic carbocycles. The SMILES string of the molecule is C[C@@H](Cc1ccccc1C(F)(F)F)NC(=O)N(C)CCO. The van der Waals surface area contributed by atoms with Gasteiger partial charge in [0.15, 0.2) is 0 Å². The number of nitrogens with zero attached hydrogens (tertiary/aromatic N) is 1. The Bertz CT molecular complexity index is 478. The molecule has 2 amide bonds. The van der Waals surface area contributed by atoms with Gasteiger partial charge in [-0.3, -0.25) is 0 Å². The highest BCUT2D eigenvalue weighted by molar-refractivity contribution is 5.74. The van der Waals surface area contributed by atoms with Gasteiger partial charge in [-0.2, -0.15) is 13.2 Å². The van der Waals surface area contributed by atoms with Gasteiger partial charge in [-0.05, 0) is 25.0 Å². The predicted octanol–water partition coefficient (Wildman–Crippen LogP) is 2.27. The Labute approximate surface area is 121 Å². The average Bonchev–Trinajstić information content (AvgIpc) is 2.38. The van der Waals surface area contributed by atoms with Crippen LogP contribution in [0.15, 0.2) is 24.3 Å². The topological polar surface area (TPSA) is 52.6 Å². The Kier molecular flexibility index (Phi) is 6.02. The van der Waals surface area contributed by atoms with Crippen LogP contribution in [0, 0.1) is 0 Å². The third-order valence-corrected chi connectivity index (χ3v) is 3.00. The van der Waals surface area contributed by atoms with E-state index in [2.05, 4.69) is 5.32 Å². The highest BCUT2D eigenvalue weighted by Crippen LogP contribution is 2.32. The molecule has 1 atom stereocenters. The fraction of sp³-hybridized carbons (Fsp3) is 0.500. The molecule has 0 saturated heterocycles. The van der Waals surface area contributed by atoms with Gasteiger partial charge in [0.05, 0.1) is 12.2 Å². The smallest absolute Gasteiger partial charge is 0.395 e. The summed E-state index contributed by atoms with van der Waals surface area (Å²) in [6, 6.07) is 4.43. The first-order chi connectivity index (χ1) is 9.75. The maximum atomic E-state index is 12.9. The number of likely N-dealkylation sites (N-methyl/N-ethyl adjacent to an activating group) is 1. The molecule has 0 unspecified atom stereocenters. The van der Waals surface area contributed by atoms with Crippen molar-refractivity contribution in [3.05, 3.63) is 35.4 Å². The van der Waals surface area contributed by atoms with E-state index in [1.165, 1.54) is 30.1 Å². The molecule has 0 aliphatic rings. The molecule has 21 heavy (non-hydrogen) atoms. The number of alkyl halides is 3. The minimum atomic E-state index is -4.41. The number of rotatable bonds is 5. The predicted molar refractivity (Wildman–Crippen MR) is 72.9 cm³/mol. The number of nitrogens with one attached hydrogen (secondary N) is 1. The molecular formula is C14H19F3N2O2. The van der Waals surface area contributed by atoms with E-state index < -0.39 is 23.8 Å². The number of carbonyl (C=O) groups is 1. The molecule has 4 nitrogen and oxygen atoms in total. The molecule has 0 radical (unpaired) electrons. The van der Waals surface area contributed by atoms with E-state index in [1.54, 1.807) is 6.92 Å². The number of carbonyl (C=O) groups excluding carboxylic acids is 1. The van der Waals surface area contributed by atoms with Gasteiger partial charge < -0.3 is 15.3 Å². The standard InChI is InChI=1S/C14H19F3N2O2/c1-10(18-13(21)19(2)7-8-20)9-11-5-3-4-6-12(11)14(15,16)17/h3-6,10,20H,7-9H2,1-2H3,(H,18,21)/t10-/m0/s1. The zero-order chi connectivity index (χ0) is 16.0. The number of amides is 2. The number of benzene rings is 1. The van der Waals surface area contributed by atoms with Crippen LogP contribution in [0.5, 0.6) is 0 Å². The second kappa shape index (κ2) is 7.31. The maximum Gasteiger partial charge on any atom is 0.416 e. The van der Waals surface area contributed by atoms with E-state index in [9.17, 15) is 18.0 Å². The van der Waals surface area contributed by atoms with Crippen LogP contribution in [0.2, 0.25) is 0 Å². The fourth-order valence-corrected chi connectivity index (χ4v) is 1.93. The van der Waals surface area contributed by atoms with Gasteiger partial charge in [0, 0.05) is 19.6 Å². The lowest BCUT2D eigenvalue weighted by molar-refractivity contribution is -0.138. The van der Waals surface area contributed by atoms with Crippen molar-refractivity contribution >= 4 is 6.03 Å². The van der Waals surface area contributed by atoms with Gasteiger partial charge in [0.25, 0.3) is 0 Å². The van der Waals surface area contributed by atoms with Gasteiger partial charge in [0.2, 0.25) is 0 Å². The molecule has 2 N–H and O–H groups in total. The molecule has 0 heterocycles. The zero-order valence-corrected chi connectivity index (χ0v) is 11.9. The van der Waals surface area contributed by atoms with Crippen molar-refractivity contribution in [3.8, 4) is 0 Å². The van der Waals surface area contributed by atoms with Crippen LogP contribution in [-0.2, 0) is 12.6 Å². The van der Waals surface area contributed by atoms with Crippen molar-refractivity contribution in [2.75, 3.05) is 20.2 Å². The summed E-state index contributed by atoms with van der Waals surface area (Å²) in [4.78, 5) is 13.0.